The highest BCUT2D eigenvalue weighted by molar-refractivity contribution is 8.76. The molecule has 15 atom stereocenters. The molecule has 5 aliphatic carbocycles. The van der Waals surface area contributed by atoms with E-state index >= 15 is 0 Å². The second-order valence-electron chi connectivity index (χ2n) is 27.4. The second kappa shape index (κ2) is 27.9. The summed E-state index contributed by atoms with van der Waals surface area (Å²) in [5.41, 5.74) is 12.1. The lowest BCUT2D eigenvalue weighted by Crippen LogP contribution is -2.62. The van der Waals surface area contributed by atoms with Crippen LogP contribution in [0.25, 0.3) is 0 Å². The number of aliphatic imine (C=N–C) groups is 1. The molecule has 17 nitrogen and oxygen atoms in total. The number of ketones is 1. The Labute approximate surface area is 527 Å². The van der Waals surface area contributed by atoms with E-state index in [1.54, 1.807) is 41.7 Å². The van der Waals surface area contributed by atoms with Crippen LogP contribution in [0.2, 0.25) is 0 Å². The number of phenols is 2. The van der Waals surface area contributed by atoms with E-state index in [9.17, 15) is 40.5 Å². The number of benzene rings is 3. The first kappa shape index (κ1) is 64.6. The molecule has 3 saturated carbocycles. The van der Waals surface area contributed by atoms with Crippen LogP contribution in [0, 0.1) is 70.0 Å². The number of ether oxygens (including phenoxy) is 4. The molecule has 12 rings (SSSR count). The van der Waals surface area contributed by atoms with E-state index in [1.807, 2.05) is 12.1 Å². The third-order valence-electron chi connectivity index (χ3n) is 21.4. The lowest BCUT2D eigenvalue weighted by Gasteiger charge is -2.54. The van der Waals surface area contributed by atoms with E-state index in [4.69, 9.17) is 29.7 Å². The van der Waals surface area contributed by atoms with Crippen LogP contribution in [0.3, 0.4) is 0 Å². The van der Waals surface area contributed by atoms with Crippen LogP contribution >= 0.6 is 21.6 Å². The molecule has 15 unspecified atom stereocenters. The quantitative estimate of drug-likeness (QED) is 0.0562. The number of guanidine groups is 1. The number of aliphatic hydroxyl groups excluding tert-OH is 5. The Kier molecular flexibility index (Phi) is 20.5. The van der Waals surface area contributed by atoms with Crippen molar-refractivity contribution in [2.75, 3.05) is 45.3 Å². The van der Waals surface area contributed by atoms with Gasteiger partial charge in [-0.25, -0.2) is 4.99 Å². The van der Waals surface area contributed by atoms with Crippen molar-refractivity contribution in [3.8, 4) is 52.4 Å². The highest BCUT2D eigenvalue weighted by Gasteiger charge is 2.60. The fourth-order valence-electron chi connectivity index (χ4n) is 16.8. The molecule has 6 bridgehead atoms. The van der Waals surface area contributed by atoms with Gasteiger partial charge in [-0.3, -0.25) is 10.1 Å². The Morgan fingerprint density at radius 3 is 2.48 bits per heavy atom. The van der Waals surface area contributed by atoms with E-state index < -0.39 is 42.8 Å². The second-order valence-corrected chi connectivity index (χ2v) is 30.0. The van der Waals surface area contributed by atoms with Crippen molar-refractivity contribution < 1.29 is 59.5 Å². The van der Waals surface area contributed by atoms with Crippen molar-refractivity contribution in [1.82, 2.24) is 16.0 Å². The summed E-state index contributed by atoms with van der Waals surface area (Å²) in [5.74, 6) is 16.4. The van der Waals surface area contributed by atoms with E-state index in [-0.39, 0.29) is 121 Å². The number of aromatic hydroxyl groups is 2. The van der Waals surface area contributed by atoms with Gasteiger partial charge in [-0.15, -0.1) is 0 Å². The monoisotopic (exact) mass is 1250 g/mol. The first-order valence-corrected chi connectivity index (χ1v) is 34.8. The van der Waals surface area contributed by atoms with E-state index in [0.29, 0.717) is 65.7 Å². The molecule has 3 aromatic rings. The number of aryl methyl sites for hydroxylation is 2. The molecule has 0 radical (unpaired) electrons. The third kappa shape index (κ3) is 14.0. The van der Waals surface area contributed by atoms with Crippen LogP contribution in [0.1, 0.15) is 156 Å². The SMILES string of the molecule is COC(CO)C1CCC2C#CC3NC(N)=NC(C(C)C)CSSCC3C3Cc4c5cc(c(c4OC3O)OCNC23CC2(CCC3C1)CCC1(CCC(NCC(C)O)c3cc(O)ccc3C1)C2)CC#Cc1c(ccc(O)c1OCO)CCC(=O)CC(O)CC5. The van der Waals surface area contributed by atoms with Gasteiger partial charge in [0.2, 0.25) is 6.29 Å². The smallest absolute Gasteiger partial charge is 0.201 e. The van der Waals surface area contributed by atoms with Crippen LogP contribution in [-0.4, -0.2) is 135 Å². The molecule has 3 fully saturated rings. The van der Waals surface area contributed by atoms with Gasteiger partial charge in [-0.05, 0) is 179 Å². The third-order valence-corrected chi connectivity index (χ3v) is 23.9. The first-order chi connectivity index (χ1) is 42.4. The summed E-state index contributed by atoms with van der Waals surface area (Å²) in [6.07, 6.45) is 9.47. The van der Waals surface area contributed by atoms with E-state index in [1.165, 1.54) is 11.6 Å². The topological polar surface area (TPSA) is 270 Å². The predicted octanol–water partition coefficient (Wildman–Crippen LogP) is 7.51. The minimum absolute atomic E-state index is 0.00463. The highest BCUT2D eigenvalue weighted by atomic mass is 33.1. The van der Waals surface area contributed by atoms with Crippen LogP contribution in [0.5, 0.6) is 28.7 Å². The number of aliphatic hydroxyl groups is 5. The average Bonchev–Trinajstić information content (AvgIpc) is 1.49. The number of carbonyl (C=O) groups is 1. The molecule has 478 valence electrons. The maximum atomic E-state index is 13.6. The number of hydrogen-bond donors (Lipinski definition) is 11. The van der Waals surface area contributed by atoms with Crippen LogP contribution in [-0.2, 0) is 41.6 Å². The average molecular weight is 1250 g/mol. The molecular weight excluding hydrogens is 1150 g/mol. The number of nitrogens with two attached hydrogens (primary N) is 1. The van der Waals surface area contributed by atoms with Gasteiger partial charge < -0.3 is 71.1 Å². The fraction of sp³-hybridized carbons (Fsp3) is 0.652. The zero-order chi connectivity index (χ0) is 61.9. The molecule has 19 heteroatoms. The number of nitrogens with one attached hydrogen (secondary N) is 3. The number of methoxy groups -OCH3 is 1. The predicted molar refractivity (Wildman–Crippen MR) is 342 cm³/mol. The minimum atomic E-state index is -1.30. The lowest BCUT2D eigenvalue weighted by molar-refractivity contribution is -0.121. The van der Waals surface area contributed by atoms with Gasteiger partial charge in [0.1, 0.15) is 18.3 Å². The molecule has 0 aromatic heterocycles. The summed E-state index contributed by atoms with van der Waals surface area (Å²) in [5, 5.41) is 89.0. The molecule has 4 heterocycles. The Morgan fingerprint density at radius 1 is 0.875 bits per heavy atom. The zero-order valence-corrected chi connectivity index (χ0v) is 53.3. The van der Waals surface area contributed by atoms with Crippen LogP contribution in [0.15, 0.2) is 41.4 Å². The summed E-state index contributed by atoms with van der Waals surface area (Å²) in [7, 11) is 5.21. The summed E-state index contributed by atoms with van der Waals surface area (Å²) in [4.78, 5) is 18.6. The van der Waals surface area contributed by atoms with Crippen LogP contribution < -0.4 is 35.9 Å². The van der Waals surface area contributed by atoms with Gasteiger partial charge in [0.15, 0.2) is 35.8 Å². The minimum Gasteiger partial charge on any atom is -0.508 e. The summed E-state index contributed by atoms with van der Waals surface area (Å²) >= 11 is 0. The number of carbonyl (C=O) groups excluding carboxylic acids is 1. The van der Waals surface area contributed by atoms with Gasteiger partial charge in [-0.2, -0.15) is 0 Å². The van der Waals surface area contributed by atoms with Crippen molar-refractivity contribution in [3.63, 3.8) is 0 Å². The van der Waals surface area contributed by atoms with Crippen molar-refractivity contribution in [1.29, 1.82) is 0 Å². The lowest BCUT2D eigenvalue weighted by atomic mass is 9.55. The maximum Gasteiger partial charge on any atom is 0.201 e. The Morgan fingerprint density at radius 2 is 1.68 bits per heavy atom. The largest absolute Gasteiger partial charge is 0.508 e. The molecule has 88 heavy (non-hydrogen) atoms. The van der Waals surface area contributed by atoms with Crippen LogP contribution in [0.4, 0.5) is 0 Å². The number of fused-ring (bicyclic) bond motifs is 7. The van der Waals surface area contributed by atoms with Crippen molar-refractivity contribution in [2.45, 2.75) is 191 Å². The Balaban J connectivity index is 1.06. The Hall–Kier alpha value is -4.90. The molecule has 4 aliphatic heterocycles. The molecule has 12 N–H and O–H groups in total. The van der Waals surface area contributed by atoms with E-state index in [0.717, 1.165) is 99.5 Å². The molecule has 0 amide bonds. The Bertz CT molecular complexity index is 3160. The number of rotatable bonds is 9. The molecule has 9 aliphatic rings. The van der Waals surface area contributed by atoms with E-state index in [2.05, 4.69) is 65.6 Å². The van der Waals surface area contributed by atoms with Gasteiger partial charge in [-0.1, -0.05) is 77.3 Å². The van der Waals surface area contributed by atoms with Crippen molar-refractivity contribution in [2.24, 2.45) is 57.1 Å². The number of Topliss-reactive ketones (excluding diaryl/α,β-unsaturated/α-hetero) is 1. The molecule has 0 saturated heterocycles. The summed E-state index contributed by atoms with van der Waals surface area (Å²) in [6, 6.07) is 10.5. The van der Waals surface area contributed by atoms with Crippen molar-refractivity contribution >= 4 is 33.3 Å². The normalized spacial score (nSPS) is 33.2. The number of nitrogens with zero attached hydrogens (tertiary/aromatic N) is 1. The maximum absolute atomic E-state index is 13.6. The molecular formula is C69H93N5O12S2. The summed E-state index contributed by atoms with van der Waals surface area (Å²) < 4.78 is 25.9. The van der Waals surface area contributed by atoms with Gasteiger partial charge in [0, 0.05) is 84.9 Å². The molecule has 3 spiro atoms. The highest BCUT2D eigenvalue weighted by Crippen LogP contribution is 2.65. The van der Waals surface area contributed by atoms with Gasteiger partial charge in [0.25, 0.3) is 0 Å². The molecule has 3 aromatic carbocycles. The first-order valence-electron chi connectivity index (χ1n) is 32.3. The zero-order valence-electron chi connectivity index (χ0n) is 51.7. The van der Waals surface area contributed by atoms with Crippen molar-refractivity contribution in [3.05, 3.63) is 75.3 Å². The summed E-state index contributed by atoms with van der Waals surface area (Å²) in [6.45, 7) is 5.83. The standard InChI is InChI=1S/C69H93N5O12S2/c1-40(2)59-35-88-87-34-56-55-30-54-43-10-16-50(79)28-49(78)15-9-42-12-19-60(81)63(85-39-76)52(42)7-5-6-45(26-43)62(64(54)86-65(55)82)84-38-72-69-37-68(25-24-67(36-68)23-21-57(71-32-41(3)77)53-29-51(80)17-11-46(53)31-67)22-20-48(69)27-44(61(33-75)83-4)8-13-47(69)14-18-58(56)73-66(70)74-59/h11-12,17,19,26,29,40-41,44,47-48,50,55-59,61,65,71-72,75-77,79-82H,6,8-10,13,15-16,20-25,27-28,30-39H2,1-4H3,(H3,70,73,74). The van der Waals surface area contributed by atoms with Gasteiger partial charge in [0.05, 0.1) is 42.6 Å². The number of hydrogen-bond acceptors (Lipinski definition) is 19. The fourth-order valence-corrected chi connectivity index (χ4v) is 19.7. The van der Waals surface area contributed by atoms with Gasteiger partial charge >= 0.3 is 0 Å². The number of phenolic OH excluding ortho intramolecular Hbond substituents is 2.